The summed E-state index contributed by atoms with van der Waals surface area (Å²) in [6.45, 7) is 1.87. The molecule has 0 unspecified atom stereocenters. The second-order valence-electron chi connectivity index (χ2n) is 5.14. The third kappa shape index (κ3) is 3.23. The highest BCUT2D eigenvalue weighted by Gasteiger charge is 2.24. The predicted octanol–water partition coefficient (Wildman–Crippen LogP) is 3.64. The molecule has 122 valence electrons. The molecule has 5 nitrogen and oxygen atoms in total. The molecule has 0 radical (unpaired) electrons. The van der Waals surface area contributed by atoms with Crippen molar-refractivity contribution in [1.82, 2.24) is 0 Å². The summed E-state index contributed by atoms with van der Waals surface area (Å²) in [5.41, 5.74) is 0.937. The van der Waals surface area contributed by atoms with Crippen LogP contribution in [0.15, 0.2) is 81.1 Å². The largest absolute Gasteiger partial charge is 0.437 e. The second kappa shape index (κ2) is 6.33. The molecule has 0 aliphatic rings. The number of benzene rings is 2. The number of furan rings is 1. The van der Waals surface area contributed by atoms with Gasteiger partial charge in [0.05, 0.1) is 4.90 Å². The molecule has 24 heavy (non-hydrogen) atoms. The Morgan fingerprint density at radius 1 is 0.958 bits per heavy atom. The summed E-state index contributed by atoms with van der Waals surface area (Å²) in [4.78, 5) is 12.2. The standard InChI is InChI=1S/C18H14O5S/c1-13-6-5-7-14(12-13)22-18(19)16-10-11-17(23-16)24(20,21)15-8-3-2-4-9-15/h2-12H,1H3. The SMILES string of the molecule is Cc1cccc(OC(=O)c2ccc(S(=O)(=O)c3ccccc3)o2)c1. The zero-order valence-corrected chi connectivity index (χ0v) is 13.6. The minimum absolute atomic E-state index is 0.0953. The van der Waals surface area contributed by atoms with E-state index < -0.39 is 15.8 Å². The summed E-state index contributed by atoms with van der Waals surface area (Å²) in [7, 11) is -3.81. The van der Waals surface area contributed by atoms with E-state index in [0.29, 0.717) is 5.75 Å². The monoisotopic (exact) mass is 342 g/mol. The van der Waals surface area contributed by atoms with E-state index in [1.165, 1.54) is 24.3 Å². The van der Waals surface area contributed by atoms with E-state index in [1.54, 1.807) is 36.4 Å². The van der Waals surface area contributed by atoms with Crippen molar-refractivity contribution >= 4 is 15.8 Å². The molecule has 0 fully saturated rings. The van der Waals surface area contributed by atoms with Crippen molar-refractivity contribution in [3.05, 3.63) is 78.1 Å². The van der Waals surface area contributed by atoms with E-state index in [1.807, 2.05) is 13.0 Å². The van der Waals surface area contributed by atoms with Crippen LogP contribution in [0.4, 0.5) is 0 Å². The lowest BCUT2D eigenvalue weighted by Gasteiger charge is -2.03. The molecular formula is C18H14O5S. The summed E-state index contributed by atoms with van der Waals surface area (Å²) in [6.07, 6.45) is 0. The Morgan fingerprint density at radius 2 is 1.71 bits per heavy atom. The van der Waals surface area contributed by atoms with Gasteiger partial charge in [-0.25, -0.2) is 13.2 Å². The van der Waals surface area contributed by atoms with Crippen LogP contribution in [0.1, 0.15) is 16.1 Å². The molecule has 1 heterocycles. The van der Waals surface area contributed by atoms with Gasteiger partial charge in [0.1, 0.15) is 5.75 Å². The van der Waals surface area contributed by atoms with Gasteiger partial charge in [-0.2, -0.15) is 0 Å². The van der Waals surface area contributed by atoms with Crippen molar-refractivity contribution in [3.8, 4) is 5.75 Å². The second-order valence-corrected chi connectivity index (χ2v) is 7.02. The van der Waals surface area contributed by atoms with Crippen molar-refractivity contribution in [2.24, 2.45) is 0 Å². The van der Waals surface area contributed by atoms with Gasteiger partial charge in [0, 0.05) is 0 Å². The van der Waals surface area contributed by atoms with Crippen LogP contribution in [0.5, 0.6) is 5.75 Å². The minimum Gasteiger partial charge on any atom is -0.437 e. The first-order chi connectivity index (χ1) is 11.5. The van der Waals surface area contributed by atoms with E-state index >= 15 is 0 Å². The van der Waals surface area contributed by atoms with Crippen molar-refractivity contribution in [2.45, 2.75) is 16.9 Å². The van der Waals surface area contributed by atoms with Crippen LogP contribution in [-0.2, 0) is 9.84 Å². The average molecular weight is 342 g/mol. The molecule has 3 rings (SSSR count). The molecule has 0 spiro atoms. The van der Waals surface area contributed by atoms with Gasteiger partial charge in [-0.3, -0.25) is 0 Å². The molecule has 0 aliphatic heterocycles. The Hall–Kier alpha value is -2.86. The third-order valence-corrected chi connectivity index (χ3v) is 4.94. The Kier molecular flexibility index (Phi) is 4.22. The number of rotatable bonds is 4. The molecule has 0 bridgehead atoms. The highest BCUT2D eigenvalue weighted by atomic mass is 32.2. The topological polar surface area (TPSA) is 73.6 Å². The van der Waals surface area contributed by atoms with Crippen LogP contribution in [0.3, 0.4) is 0 Å². The highest BCUT2D eigenvalue weighted by molar-refractivity contribution is 7.91. The molecule has 0 atom stereocenters. The summed E-state index contributed by atoms with van der Waals surface area (Å²) < 4.78 is 35.2. The van der Waals surface area contributed by atoms with Gasteiger partial charge in [-0.15, -0.1) is 0 Å². The average Bonchev–Trinajstić information content (AvgIpc) is 3.07. The van der Waals surface area contributed by atoms with E-state index in [9.17, 15) is 13.2 Å². The van der Waals surface area contributed by atoms with Crippen LogP contribution in [-0.4, -0.2) is 14.4 Å². The molecule has 0 aliphatic carbocycles. The van der Waals surface area contributed by atoms with Gasteiger partial charge in [0.2, 0.25) is 20.7 Å². The molecule has 1 aromatic heterocycles. The number of sulfone groups is 1. The van der Waals surface area contributed by atoms with Crippen LogP contribution in [0.2, 0.25) is 0 Å². The molecule has 2 aromatic carbocycles. The number of esters is 1. The maximum Gasteiger partial charge on any atom is 0.379 e. The fourth-order valence-corrected chi connectivity index (χ4v) is 3.32. The van der Waals surface area contributed by atoms with Gasteiger partial charge in [-0.05, 0) is 48.9 Å². The van der Waals surface area contributed by atoms with Gasteiger partial charge in [0.15, 0.2) is 0 Å². The van der Waals surface area contributed by atoms with Gasteiger partial charge in [-0.1, -0.05) is 30.3 Å². The molecule has 0 saturated heterocycles. The lowest BCUT2D eigenvalue weighted by atomic mass is 10.2. The van der Waals surface area contributed by atoms with Crippen molar-refractivity contribution in [1.29, 1.82) is 0 Å². The number of carbonyl (C=O) groups excluding carboxylic acids is 1. The molecule has 0 amide bonds. The first-order valence-electron chi connectivity index (χ1n) is 7.15. The van der Waals surface area contributed by atoms with Gasteiger partial charge < -0.3 is 9.15 Å². The normalized spacial score (nSPS) is 11.2. The maximum atomic E-state index is 12.4. The highest BCUT2D eigenvalue weighted by Crippen LogP contribution is 2.23. The first-order valence-corrected chi connectivity index (χ1v) is 8.64. The van der Waals surface area contributed by atoms with Gasteiger partial charge in [0.25, 0.3) is 0 Å². The Balaban J connectivity index is 1.84. The molecule has 0 saturated carbocycles. The van der Waals surface area contributed by atoms with Crippen LogP contribution in [0.25, 0.3) is 0 Å². The van der Waals surface area contributed by atoms with E-state index in [-0.39, 0.29) is 15.7 Å². The van der Waals surface area contributed by atoms with Crippen molar-refractivity contribution in [3.63, 3.8) is 0 Å². The van der Waals surface area contributed by atoms with Crippen molar-refractivity contribution < 1.29 is 22.4 Å². The first kappa shape index (κ1) is 16.0. The summed E-state index contributed by atoms with van der Waals surface area (Å²) in [5.74, 6) is -0.565. The number of aryl methyl sites for hydroxylation is 1. The fourth-order valence-electron chi connectivity index (χ4n) is 2.13. The van der Waals surface area contributed by atoms with E-state index in [2.05, 4.69) is 0 Å². The lowest BCUT2D eigenvalue weighted by Crippen LogP contribution is -2.07. The zero-order chi connectivity index (χ0) is 17.2. The summed E-state index contributed by atoms with van der Waals surface area (Å²) >= 11 is 0. The minimum atomic E-state index is -3.81. The molecule has 0 N–H and O–H groups in total. The van der Waals surface area contributed by atoms with E-state index in [0.717, 1.165) is 5.56 Å². The van der Waals surface area contributed by atoms with Crippen LogP contribution in [0, 0.1) is 6.92 Å². The van der Waals surface area contributed by atoms with E-state index in [4.69, 9.17) is 9.15 Å². The number of hydrogen-bond acceptors (Lipinski definition) is 5. The zero-order valence-electron chi connectivity index (χ0n) is 12.8. The molecular weight excluding hydrogens is 328 g/mol. The summed E-state index contributed by atoms with van der Waals surface area (Å²) in [6, 6.07) is 17.4. The number of carbonyl (C=O) groups is 1. The molecule has 6 heteroatoms. The summed E-state index contributed by atoms with van der Waals surface area (Å²) in [5, 5.41) is -0.301. The number of ether oxygens (including phenoxy) is 1. The Labute approximate surface area is 139 Å². The molecule has 3 aromatic rings. The maximum absolute atomic E-state index is 12.4. The van der Waals surface area contributed by atoms with Crippen molar-refractivity contribution in [2.75, 3.05) is 0 Å². The Morgan fingerprint density at radius 3 is 2.42 bits per heavy atom. The van der Waals surface area contributed by atoms with Crippen LogP contribution >= 0.6 is 0 Å². The quantitative estimate of drug-likeness (QED) is 0.534. The number of hydrogen-bond donors (Lipinski definition) is 0. The lowest BCUT2D eigenvalue weighted by molar-refractivity contribution is 0.0695. The van der Waals surface area contributed by atoms with Gasteiger partial charge >= 0.3 is 5.97 Å². The van der Waals surface area contributed by atoms with Crippen LogP contribution < -0.4 is 4.74 Å². The Bertz CT molecular complexity index is 971. The third-order valence-electron chi connectivity index (χ3n) is 3.30. The predicted molar refractivity (Wildman–Crippen MR) is 86.7 cm³/mol. The smallest absolute Gasteiger partial charge is 0.379 e. The fraction of sp³-hybridized carbons (Fsp3) is 0.0556.